The molecule has 0 aromatic heterocycles. The van der Waals surface area contributed by atoms with Crippen molar-refractivity contribution in [2.75, 3.05) is 19.6 Å². The van der Waals surface area contributed by atoms with E-state index in [4.69, 9.17) is 11.6 Å². The van der Waals surface area contributed by atoms with Gasteiger partial charge in [0, 0.05) is 30.2 Å². The van der Waals surface area contributed by atoms with Crippen LogP contribution in [0.4, 0.5) is 0 Å². The van der Waals surface area contributed by atoms with Crippen LogP contribution in [0.15, 0.2) is 24.3 Å². The van der Waals surface area contributed by atoms with Crippen molar-refractivity contribution < 1.29 is 0 Å². The zero-order valence-corrected chi connectivity index (χ0v) is 13.7. The number of halogens is 1. The summed E-state index contributed by atoms with van der Waals surface area (Å²) in [4.78, 5) is 2.60. The predicted molar refractivity (Wildman–Crippen MR) is 87.3 cm³/mol. The molecule has 20 heavy (non-hydrogen) atoms. The Morgan fingerprint density at radius 1 is 1.40 bits per heavy atom. The topological polar surface area (TPSA) is 15.3 Å². The van der Waals surface area contributed by atoms with Crippen molar-refractivity contribution in [3.8, 4) is 0 Å². The second-order valence-electron chi connectivity index (χ2n) is 6.03. The molecule has 1 fully saturated rings. The molecule has 0 radical (unpaired) electrons. The number of nitrogens with zero attached hydrogens (tertiary/aromatic N) is 1. The van der Waals surface area contributed by atoms with E-state index in [9.17, 15) is 0 Å². The Bertz CT molecular complexity index is 421. The third kappa shape index (κ3) is 3.97. The monoisotopic (exact) mass is 294 g/mol. The summed E-state index contributed by atoms with van der Waals surface area (Å²) in [5.41, 5.74) is 1.32. The summed E-state index contributed by atoms with van der Waals surface area (Å²) < 4.78 is 0. The van der Waals surface area contributed by atoms with Gasteiger partial charge >= 0.3 is 0 Å². The van der Waals surface area contributed by atoms with Gasteiger partial charge in [-0.05, 0) is 43.5 Å². The molecule has 0 aliphatic carbocycles. The van der Waals surface area contributed by atoms with Gasteiger partial charge in [-0.3, -0.25) is 4.90 Å². The van der Waals surface area contributed by atoms with Crippen LogP contribution in [0.1, 0.15) is 45.2 Å². The van der Waals surface area contributed by atoms with Crippen molar-refractivity contribution in [3.05, 3.63) is 34.9 Å². The minimum absolute atomic E-state index is 0.431. The van der Waals surface area contributed by atoms with Crippen molar-refractivity contribution in [2.45, 2.75) is 45.7 Å². The fourth-order valence-electron chi connectivity index (χ4n) is 2.97. The van der Waals surface area contributed by atoms with Crippen LogP contribution in [0, 0.1) is 5.92 Å². The van der Waals surface area contributed by atoms with Gasteiger partial charge in [0.15, 0.2) is 0 Å². The third-order valence-electron chi connectivity index (χ3n) is 4.67. The Morgan fingerprint density at radius 2 is 2.20 bits per heavy atom. The Hall–Kier alpha value is -0.570. The highest BCUT2D eigenvalue weighted by Gasteiger charge is 2.25. The molecule has 0 amide bonds. The van der Waals surface area contributed by atoms with Crippen LogP contribution in [0.25, 0.3) is 0 Å². The van der Waals surface area contributed by atoms with Gasteiger partial charge in [0.1, 0.15) is 0 Å². The number of hydrogen-bond donors (Lipinski definition) is 1. The molecule has 1 N–H and O–H groups in total. The molecule has 1 aromatic carbocycles. The summed E-state index contributed by atoms with van der Waals surface area (Å²) in [7, 11) is 0. The lowest BCUT2D eigenvalue weighted by molar-refractivity contribution is 0.188. The first-order chi connectivity index (χ1) is 9.61. The summed E-state index contributed by atoms with van der Waals surface area (Å²) in [5.74, 6) is 0.724. The number of benzene rings is 1. The molecular formula is C17H27ClN2. The van der Waals surface area contributed by atoms with Gasteiger partial charge < -0.3 is 5.32 Å². The molecule has 0 saturated carbocycles. The van der Waals surface area contributed by atoms with Gasteiger partial charge in [-0.15, -0.1) is 0 Å². The molecule has 0 spiro atoms. The maximum absolute atomic E-state index is 6.13. The van der Waals surface area contributed by atoms with Crippen molar-refractivity contribution >= 4 is 11.6 Å². The van der Waals surface area contributed by atoms with E-state index in [2.05, 4.69) is 49.2 Å². The Balaban J connectivity index is 2.09. The Labute approximate surface area is 128 Å². The highest BCUT2D eigenvalue weighted by atomic mass is 35.5. The van der Waals surface area contributed by atoms with Gasteiger partial charge in [-0.2, -0.15) is 0 Å². The fourth-order valence-corrected chi connectivity index (χ4v) is 3.17. The summed E-state index contributed by atoms with van der Waals surface area (Å²) in [6.45, 7) is 10.3. The van der Waals surface area contributed by atoms with Crippen LogP contribution in [0.5, 0.6) is 0 Å². The van der Waals surface area contributed by atoms with E-state index < -0.39 is 0 Å². The molecule has 1 aromatic rings. The highest BCUT2D eigenvalue weighted by Crippen LogP contribution is 2.25. The fraction of sp³-hybridized carbons (Fsp3) is 0.647. The third-order valence-corrected chi connectivity index (χ3v) is 4.90. The molecular weight excluding hydrogens is 268 g/mol. The first kappa shape index (κ1) is 15.8. The second-order valence-corrected chi connectivity index (χ2v) is 6.46. The van der Waals surface area contributed by atoms with Crippen LogP contribution >= 0.6 is 11.6 Å². The molecule has 2 rings (SSSR count). The molecule has 1 saturated heterocycles. The Morgan fingerprint density at radius 3 is 2.90 bits per heavy atom. The SMILES string of the molecule is CCC(C)C1CN(C(C)c2cccc(Cl)c2)CCCN1. The van der Waals surface area contributed by atoms with Crippen molar-refractivity contribution in [1.82, 2.24) is 10.2 Å². The van der Waals surface area contributed by atoms with Crippen molar-refractivity contribution in [1.29, 1.82) is 0 Å². The minimum Gasteiger partial charge on any atom is -0.312 e. The smallest absolute Gasteiger partial charge is 0.0409 e. The molecule has 1 aliphatic rings. The van der Waals surface area contributed by atoms with E-state index in [0.29, 0.717) is 12.1 Å². The van der Waals surface area contributed by atoms with E-state index in [1.54, 1.807) is 0 Å². The average Bonchev–Trinajstić information content (AvgIpc) is 2.71. The average molecular weight is 295 g/mol. The quantitative estimate of drug-likeness (QED) is 0.899. The summed E-state index contributed by atoms with van der Waals surface area (Å²) in [5, 5.41) is 4.55. The number of rotatable bonds is 4. The van der Waals surface area contributed by atoms with Crippen molar-refractivity contribution in [2.24, 2.45) is 5.92 Å². The maximum atomic E-state index is 6.13. The summed E-state index contributed by atoms with van der Waals surface area (Å²) in [6.07, 6.45) is 2.45. The van der Waals surface area contributed by atoms with Gasteiger partial charge in [-0.25, -0.2) is 0 Å². The maximum Gasteiger partial charge on any atom is 0.0409 e. The largest absolute Gasteiger partial charge is 0.312 e. The van der Waals surface area contributed by atoms with E-state index in [0.717, 1.165) is 30.6 Å². The number of nitrogens with one attached hydrogen (secondary N) is 1. The van der Waals surface area contributed by atoms with Gasteiger partial charge in [0.25, 0.3) is 0 Å². The molecule has 2 nitrogen and oxygen atoms in total. The molecule has 1 aliphatic heterocycles. The zero-order chi connectivity index (χ0) is 14.5. The van der Waals surface area contributed by atoms with E-state index >= 15 is 0 Å². The molecule has 0 bridgehead atoms. The lowest BCUT2D eigenvalue weighted by Crippen LogP contribution is -2.42. The molecule has 1 heterocycles. The minimum atomic E-state index is 0.431. The van der Waals surface area contributed by atoms with Gasteiger partial charge in [0.2, 0.25) is 0 Å². The first-order valence-corrected chi connectivity index (χ1v) is 8.22. The highest BCUT2D eigenvalue weighted by molar-refractivity contribution is 6.30. The normalized spacial score (nSPS) is 24.1. The first-order valence-electron chi connectivity index (χ1n) is 7.84. The van der Waals surface area contributed by atoms with Crippen LogP contribution in [0.3, 0.4) is 0 Å². The zero-order valence-electron chi connectivity index (χ0n) is 12.9. The van der Waals surface area contributed by atoms with Gasteiger partial charge in [-0.1, -0.05) is 44.0 Å². The van der Waals surface area contributed by atoms with E-state index in [1.165, 1.54) is 18.4 Å². The standard InChI is InChI=1S/C17H27ClN2/c1-4-13(2)17-12-20(10-6-9-19-17)14(3)15-7-5-8-16(18)11-15/h5,7-8,11,13-14,17,19H,4,6,9-10,12H2,1-3H3. The van der Waals surface area contributed by atoms with E-state index in [-0.39, 0.29) is 0 Å². The van der Waals surface area contributed by atoms with E-state index in [1.807, 2.05) is 6.07 Å². The van der Waals surface area contributed by atoms with Crippen LogP contribution in [0.2, 0.25) is 5.02 Å². The van der Waals surface area contributed by atoms with Crippen molar-refractivity contribution in [3.63, 3.8) is 0 Å². The summed E-state index contributed by atoms with van der Waals surface area (Å²) in [6, 6.07) is 9.32. The Kier molecular flexibility index (Phi) is 5.88. The molecule has 3 heteroatoms. The second kappa shape index (κ2) is 7.44. The molecule has 112 valence electrons. The number of hydrogen-bond acceptors (Lipinski definition) is 2. The lowest BCUT2D eigenvalue weighted by Gasteiger charge is -2.32. The van der Waals surface area contributed by atoms with Gasteiger partial charge in [0.05, 0.1) is 0 Å². The van der Waals surface area contributed by atoms with Crippen LogP contribution in [-0.2, 0) is 0 Å². The lowest BCUT2D eigenvalue weighted by atomic mass is 9.98. The molecule has 3 unspecified atom stereocenters. The van der Waals surface area contributed by atoms with Crippen LogP contribution < -0.4 is 5.32 Å². The molecule has 3 atom stereocenters. The predicted octanol–water partition coefficient (Wildman–Crippen LogP) is 4.11. The van der Waals surface area contributed by atoms with Crippen LogP contribution in [-0.4, -0.2) is 30.6 Å². The summed E-state index contributed by atoms with van der Waals surface area (Å²) >= 11 is 6.13.